The third-order valence-corrected chi connectivity index (χ3v) is 3.03. The average molecular weight is 293 g/mol. The highest BCUT2D eigenvalue weighted by molar-refractivity contribution is 6.33. The first-order chi connectivity index (χ1) is 9.61. The van der Waals surface area contributed by atoms with Gasteiger partial charge in [0.25, 0.3) is 0 Å². The second-order valence-corrected chi connectivity index (χ2v) is 4.47. The van der Waals surface area contributed by atoms with E-state index in [9.17, 15) is 4.79 Å². The molecule has 2 aromatic rings. The van der Waals surface area contributed by atoms with Crippen LogP contribution in [0, 0.1) is 0 Å². The summed E-state index contributed by atoms with van der Waals surface area (Å²) in [6.45, 7) is 0.317. The predicted molar refractivity (Wildman–Crippen MR) is 75.7 cm³/mol. The zero-order valence-corrected chi connectivity index (χ0v) is 11.6. The van der Waals surface area contributed by atoms with Crippen molar-refractivity contribution in [3.63, 3.8) is 0 Å². The van der Waals surface area contributed by atoms with Crippen LogP contribution >= 0.6 is 11.6 Å². The molecule has 0 saturated heterocycles. The maximum absolute atomic E-state index is 11.1. The van der Waals surface area contributed by atoms with Crippen LogP contribution in [-0.4, -0.2) is 18.2 Å². The third-order valence-electron chi connectivity index (χ3n) is 2.72. The molecule has 0 saturated carbocycles. The van der Waals surface area contributed by atoms with Crippen LogP contribution in [0.5, 0.6) is 11.5 Å². The molecular formula is C15H13ClO4. The van der Waals surface area contributed by atoms with Crippen molar-refractivity contribution in [2.24, 2.45) is 0 Å². The van der Waals surface area contributed by atoms with E-state index >= 15 is 0 Å². The molecule has 0 heterocycles. The van der Waals surface area contributed by atoms with Crippen molar-refractivity contribution in [3.05, 3.63) is 58.6 Å². The van der Waals surface area contributed by atoms with Gasteiger partial charge in [0.05, 0.1) is 17.7 Å². The van der Waals surface area contributed by atoms with E-state index < -0.39 is 5.97 Å². The normalized spacial score (nSPS) is 10.1. The van der Waals surface area contributed by atoms with Crippen LogP contribution in [0.25, 0.3) is 0 Å². The second-order valence-electron chi connectivity index (χ2n) is 4.06. The summed E-state index contributed by atoms with van der Waals surface area (Å²) < 4.78 is 10.8. The molecule has 0 aliphatic heterocycles. The van der Waals surface area contributed by atoms with E-state index in [-0.39, 0.29) is 10.6 Å². The van der Waals surface area contributed by atoms with Gasteiger partial charge in [0.1, 0.15) is 6.61 Å². The zero-order valence-electron chi connectivity index (χ0n) is 10.8. The van der Waals surface area contributed by atoms with E-state index in [0.29, 0.717) is 18.1 Å². The highest BCUT2D eigenvalue weighted by Gasteiger charge is 2.15. The molecule has 0 aromatic heterocycles. The van der Waals surface area contributed by atoms with Crippen LogP contribution in [0.15, 0.2) is 42.5 Å². The Morgan fingerprint density at radius 3 is 2.50 bits per heavy atom. The Morgan fingerprint density at radius 1 is 1.20 bits per heavy atom. The summed E-state index contributed by atoms with van der Waals surface area (Å²) in [5, 5.41) is 9.17. The number of carboxylic acids is 1. The fourth-order valence-corrected chi connectivity index (χ4v) is 1.94. The van der Waals surface area contributed by atoms with E-state index in [1.54, 1.807) is 0 Å². The van der Waals surface area contributed by atoms with Crippen LogP contribution in [0.1, 0.15) is 15.9 Å². The maximum atomic E-state index is 11.1. The Hall–Kier alpha value is -2.20. The molecule has 0 bridgehead atoms. The van der Waals surface area contributed by atoms with E-state index in [1.807, 2.05) is 30.3 Å². The number of aromatic carboxylic acids is 1. The van der Waals surface area contributed by atoms with Crippen molar-refractivity contribution in [2.45, 2.75) is 6.61 Å². The summed E-state index contributed by atoms with van der Waals surface area (Å²) in [5.74, 6) is -0.365. The number of hydrogen-bond acceptors (Lipinski definition) is 3. The van der Waals surface area contributed by atoms with Crippen molar-refractivity contribution >= 4 is 17.6 Å². The average Bonchev–Trinajstić information content (AvgIpc) is 2.46. The Balaban J connectivity index is 2.25. The molecule has 0 atom stereocenters. The van der Waals surface area contributed by atoms with Gasteiger partial charge in [-0.1, -0.05) is 41.9 Å². The third kappa shape index (κ3) is 3.22. The van der Waals surface area contributed by atoms with Crippen molar-refractivity contribution in [3.8, 4) is 11.5 Å². The van der Waals surface area contributed by atoms with Gasteiger partial charge in [0.15, 0.2) is 11.5 Å². The number of rotatable bonds is 5. The van der Waals surface area contributed by atoms with Gasteiger partial charge in [-0.25, -0.2) is 4.79 Å². The number of halogens is 1. The molecule has 5 heteroatoms. The largest absolute Gasteiger partial charge is 0.493 e. The molecule has 2 rings (SSSR count). The molecule has 104 valence electrons. The lowest BCUT2D eigenvalue weighted by atomic mass is 10.2. The smallest absolute Gasteiger partial charge is 0.337 e. The molecule has 0 unspecified atom stereocenters. The van der Waals surface area contributed by atoms with Crippen molar-refractivity contribution in [2.75, 3.05) is 7.11 Å². The predicted octanol–water partition coefficient (Wildman–Crippen LogP) is 3.63. The highest BCUT2D eigenvalue weighted by atomic mass is 35.5. The Morgan fingerprint density at radius 2 is 1.90 bits per heavy atom. The lowest BCUT2D eigenvalue weighted by Crippen LogP contribution is -2.02. The van der Waals surface area contributed by atoms with E-state index in [1.165, 1.54) is 19.2 Å². The minimum atomic E-state index is -1.11. The topological polar surface area (TPSA) is 55.8 Å². The van der Waals surface area contributed by atoms with Crippen LogP contribution in [0.2, 0.25) is 5.02 Å². The molecule has 0 spiro atoms. The van der Waals surface area contributed by atoms with Crippen LogP contribution in [0.3, 0.4) is 0 Å². The molecule has 0 fully saturated rings. The number of ether oxygens (including phenoxy) is 2. The van der Waals surface area contributed by atoms with E-state index in [0.717, 1.165) is 5.56 Å². The standard InChI is InChI=1S/C15H13ClO4/c1-19-13-8-12(16)11(15(17)18)7-14(13)20-9-10-5-3-2-4-6-10/h2-8H,9H2,1H3,(H,17,18). The summed E-state index contributed by atoms with van der Waals surface area (Å²) in [6.07, 6.45) is 0. The van der Waals surface area contributed by atoms with Gasteiger partial charge in [-0.3, -0.25) is 0 Å². The molecule has 0 amide bonds. The van der Waals surface area contributed by atoms with Crippen LogP contribution in [-0.2, 0) is 6.61 Å². The zero-order chi connectivity index (χ0) is 14.5. The van der Waals surface area contributed by atoms with E-state index in [4.69, 9.17) is 26.2 Å². The Labute approximate surface area is 121 Å². The number of methoxy groups -OCH3 is 1. The summed E-state index contributed by atoms with van der Waals surface area (Å²) in [6, 6.07) is 12.4. The molecule has 1 N–H and O–H groups in total. The second kappa shape index (κ2) is 6.30. The molecule has 0 aliphatic carbocycles. The SMILES string of the molecule is COc1cc(Cl)c(C(=O)O)cc1OCc1ccccc1. The van der Waals surface area contributed by atoms with Gasteiger partial charge < -0.3 is 14.6 Å². The van der Waals surface area contributed by atoms with E-state index in [2.05, 4.69) is 0 Å². The van der Waals surface area contributed by atoms with Gasteiger partial charge in [0.2, 0.25) is 0 Å². The number of benzene rings is 2. The Kier molecular flexibility index (Phi) is 4.48. The Bertz CT molecular complexity index is 611. The highest BCUT2D eigenvalue weighted by Crippen LogP contribution is 2.33. The first-order valence-electron chi connectivity index (χ1n) is 5.89. The first kappa shape index (κ1) is 14.2. The summed E-state index contributed by atoms with van der Waals surface area (Å²) >= 11 is 5.88. The van der Waals surface area contributed by atoms with Crippen molar-refractivity contribution in [1.29, 1.82) is 0 Å². The number of carbonyl (C=O) groups is 1. The molecule has 2 aromatic carbocycles. The summed E-state index contributed by atoms with van der Waals surface area (Å²) in [7, 11) is 1.47. The monoisotopic (exact) mass is 292 g/mol. The van der Waals surface area contributed by atoms with Crippen molar-refractivity contribution < 1.29 is 19.4 Å². The number of hydrogen-bond donors (Lipinski definition) is 1. The summed E-state index contributed by atoms with van der Waals surface area (Å²) in [5.41, 5.74) is 0.955. The molecule has 4 nitrogen and oxygen atoms in total. The van der Waals surface area contributed by atoms with Gasteiger partial charge in [-0.05, 0) is 5.56 Å². The lowest BCUT2D eigenvalue weighted by molar-refractivity contribution is 0.0696. The minimum Gasteiger partial charge on any atom is -0.493 e. The van der Waals surface area contributed by atoms with Gasteiger partial charge in [0, 0.05) is 12.1 Å². The quantitative estimate of drug-likeness (QED) is 0.914. The van der Waals surface area contributed by atoms with Gasteiger partial charge in [-0.2, -0.15) is 0 Å². The van der Waals surface area contributed by atoms with Gasteiger partial charge >= 0.3 is 5.97 Å². The number of carboxylic acid groups (broad SMARTS) is 1. The molecular weight excluding hydrogens is 280 g/mol. The maximum Gasteiger partial charge on any atom is 0.337 e. The molecule has 0 aliphatic rings. The first-order valence-corrected chi connectivity index (χ1v) is 6.27. The minimum absolute atomic E-state index is 0.0180. The van der Waals surface area contributed by atoms with Crippen molar-refractivity contribution in [1.82, 2.24) is 0 Å². The van der Waals surface area contributed by atoms with Crippen LogP contribution in [0.4, 0.5) is 0 Å². The molecule has 20 heavy (non-hydrogen) atoms. The lowest BCUT2D eigenvalue weighted by Gasteiger charge is -2.12. The van der Waals surface area contributed by atoms with Crippen LogP contribution < -0.4 is 9.47 Å². The summed E-state index contributed by atoms with van der Waals surface area (Å²) in [4.78, 5) is 11.1. The van der Waals surface area contributed by atoms with Gasteiger partial charge in [-0.15, -0.1) is 0 Å². The molecule has 0 radical (unpaired) electrons. The fourth-order valence-electron chi connectivity index (χ4n) is 1.71. The fraction of sp³-hybridized carbons (Fsp3) is 0.133.